The summed E-state index contributed by atoms with van der Waals surface area (Å²) in [5.41, 5.74) is 0. The number of thioether (sulfide) groups is 1. The van der Waals surface area contributed by atoms with E-state index in [0.717, 1.165) is 11.8 Å². The van der Waals surface area contributed by atoms with Crippen molar-refractivity contribution in [3.05, 3.63) is 6.33 Å². The first-order valence-corrected chi connectivity index (χ1v) is 4.63. The molecule has 14 heavy (non-hydrogen) atoms. The number of carbonyl (C=O) groups is 2. The molecule has 0 bridgehead atoms. The van der Waals surface area contributed by atoms with E-state index in [1.807, 2.05) is 0 Å². The van der Waals surface area contributed by atoms with Gasteiger partial charge in [0.25, 0.3) is 0 Å². The zero-order valence-electron chi connectivity index (χ0n) is 7.06. The maximum Gasteiger partial charge on any atom is 0.322 e. The highest BCUT2D eigenvalue weighted by Gasteiger charge is 2.05. The van der Waals surface area contributed by atoms with Gasteiger partial charge in [0.05, 0.1) is 5.75 Å². The molecule has 3 N–H and O–H groups in total. The van der Waals surface area contributed by atoms with E-state index in [0.29, 0.717) is 5.16 Å². The highest BCUT2D eigenvalue weighted by atomic mass is 32.2. The highest BCUT2D eigenvalue weighted by Crippen LogP contribution is 2.09. The number of nitrogens with zero attached hydrogens (tertiary/aromatic N) is 2. The molecule has 1 rings (SSSR count). The lowest BCUT2D eigenvalue weighted by molar-refractivity contribution is -0.137. The molecule has 8 heteroatoms. The van der Waals surface area contributed by atoms with Crippen LogP contribution in [0.2, 0.25) is 0 Å². The molecular formula is C6H8N4O3S. The fraction of sp³-hybridized carbons (Fsp3) is 0.333. The molecule has 0 radical (unpaired) electrons. The van der Waals surface area contributed by atoms with E-state index in [9.17, 15) is 9.59 Å². The van der Waals surface area contributed by atoms with Crippen LogP contribution in [0.25, 0.3) is 0 Å². The van der Waals surface area contributed by atoms with Crippen LogP contribution in [0.15, 0.2) is 11.5 Å². The van der Waals surface area contributed by atoms with E-state index < -0.39 is 5.97 Å². The molecule has 76 valence electrons. The average Bonchev–Trinajstić information content (AvgIpc) is 2.63. The van der Waals surface area contributed by atoms with Crippen molar-refractivity contribution in [2.45, 2.75) is 5.16 Å². The summed E-state index contributed by atoms with van der Waals surface area (Å²) in [5, 5.41) is 17.2. The number of carbonyl (C=O) groups excluding carboxylic acids is 1. The molecule has 0 fully saturated rings. The van der Waals surface area contributed by atoms with Gasteiger partial charge in [0.15, 0.2) is 5.16 Å². The summed E-state index contributed by atoms with van der Waals surface area (Å²) in [6.45, 7) is -0.365. The minimum absolute atomic E-state index is 0.114. The minimum Gasteiger partial charge on any atom is -0.480 e. The van der Waals surface area contributed by atoms with Gasteiger partial charge in [-0.15, -0.1) is 0 Å². The van der Waals surface area contributed by atoms with Gasteiger partial charge in [-0.1, -0.05) is 11.8 Å². The Bertz CT molecular complexity index is 313. The monoisotopic (exact) mass is 216 g/mol. The van der Waals surface area contributed by atoms with Gasteiger partial charge in [-0.25, -0.2) is 4.98 Å². The Labute approximate surface area is 83.3 Å². The molecule has 0 saturated heterocycles. The summed E-state index contributed by atoms with van der Waals surface area (Å²) in [4.78, 5) is 24.9. The van der Waals surface area contributed by atoms with Crippen molar-refractivity contribution in [3.8, 4) is 0 Å². The Morgan fingerprint density at radius 3 is 3.00 bits per heavy atom. The van der Waals surface area contributed by atoms with Gasteiger partial charge < -0.3 is 10.4 Å². The summed E-state index contributed by atoms with van der Waals surface area (Å²) >= 11 is 1.15. The summed E-state index contributed by atoms with van der Waals surface area (Å²) in [6.07, 6.45) is 1.33. The number of nitrogens with one attached hydrogen (secondary N) is 2. The predicted molar refractivity (Wildman–Crippen MR) is 47.8 cm³/mol. The second kappa shape index (κ2) is 5.22. The molecular weight excluding hydrogens is 208 g/mol. The normalized spacial score (nSPS) is 9.71. The Morgan fingerprint density at radius 2 is 2.43 bits per heavy atom. The molecule has 7 nitrogen and oxygen atoms in total. The molecule has 0 aliphatic carbocycles. The van der Waals surface area contributed by atoms with E-state index in [1.165, 1.54) is 6.33 Å². The van der Waals surface area contributed by atoms with Crippen molar-refractivity contribution < 1.29 is 14.7 Å². The number of carboxylic acids is 1. The van der Waals surface area contributed by atoms with Gasteiger partial charge in [0.1, 0.15) is 12.9 Å². The fourth-order valence-electron chi connectivity index (χ4n) is 0.623. The number of H-pyrrole nitrogens is 1. The van der Waals surface area contributed by atoms with Gasteiger partial charge >= 0.3 is 5.97 Å². The van der Waals surface area contributed by atoms with Gasteiger partial charge in [-0.05, 0) is 0 Å². The van der Waals surface area contributed by atoms with E-state index in [2.05, 4.69) is 20.5 Å². The van der Waals surface area contributed by atoms with Gasteiger partial charge in [0, 0.05) is 0 Å². The first kappa shape index (κ1) is 10.5. The largest absolute Gasteiger partial charge is 0.480 e. The lowest BCUT2D eigenvalue weighted by atomic mass is 10.6. The van der Waals surface area contributed by atoms with E-state index in [-0.39, 0.29) is 18.2 Å². The topological polar surface area (TPSA) is 108 Å². The minimum atomic E-state index is -1.07. The lowest BCUT2D eigenvalue weighted by Gasteiger charge is -1.99. The summed E-state index contributed by atoms with van der Waals surface area (Å²) in [5.74, 6) is -1.31. The van der Waals surface area contributed by atoms with Crippen LogP contribution in [-0.2, 0) is 9.59 Å². The quantitative estimate of drug-likeness (QED) is 0.550. The number of aromatic nitrogens is 3. The van der Waals surface area contributed by atoms with Gasteiger partial charge in [-0.2, -0.15) is 5.10 Å². The van der Waals surface area contributed by atoms with E-state index in [1.54, 1.807) is 0 Å². The van der Waals surface area contributed by atoms with Crippen molar-refractivity contribution >= 4 is 23.6 Å². The third kappa shape index (κ3) is 3.90. The number of amides is 1. The number of rotatable bonds is 5. The molecule has 0 aromatic carbocycles. The molecule has 0 unspecified atom stereocenters. The average molecular weight is 216 g/mol. The van der Waals surface area contributed by atoms with Crippen LogP contribution in [0.4, 0.5) is 0 Å². The van der Waals surface area contributed by atoms with Crippen LogP contribution < -0.4 is 5.32 Å². The molecule has 0 aliphatic rings. The number of hydrogen-bond donors (Lipinski definition) is 3. The summed E-state index contributed by atoms with van der Waals surface area (Å²) < 4.78 is 0. The van der Waals surface area contributed by atoms with Crippen LogP contribution in [0.1, 0.15) is 0 Å². The van der Waals surface area contributed by atoms with Crippen LogP contribution >= 0.6 is 11.8 Å². The maximum absolute atomic E-state index is 11.0. The van der Waals surface area contributed by atoms with Crippen molar-refractivity contribution in [1.82, 2.24) is 20.5 Å². The zero-order chi connectivity index (χ0) is 10.4. The van der Waals surface area contributed by atoms with Gasteiger partial charge in [-0.3, -0.25) is 14.7 Å². The molecule has 0 spiro atoms. The summed E-state index contributed by atoms with van der Waals surface area (Å²) in [7, 11) is 0. The number of aromatic amines is 1. The fourth-order valence-corrected chi connectivity index (χ4v) is 1.23. The number of aliphatic carboxylic acids is 1. The molecule has 0 atom stereocenters. The van der Waals surface area contributed by atoms with Crippen LogP contribution in [0.3, 0.4) is 0 Å². The second-order valence-electron chi connectivity index (χ2n) is 2.25. The van der Waals surface area contributed by atoms with Crippen molar-refractivity contribution in [2.75, 3.05) is 12.3 Å². The first-order valence-electron chi connectivity index (χ1n) is 3.65. The number of hydrogen-bond acceptors (Lipinski definition) is 5. The SMILES string of the molecule is O=C(O)CNC(=O)CSc1ncn[nH]1. The Balaban J connectivity index is 2.18. The molecule has 0 saturated carbocycles. The highest BCUT2D eigenvalue weighted by molar-refractivity contribution is 7.99. The van der Waals surface area contributed by atoms with Crippen molar-refractivity contribution in [2.24, 2.45) is 0 Å². The molecule has 1 aromatic heterocycles. The van der Waals surface area contributed by atoms with E-state index >= 15 is 0 Å². The Morgan fingerprint density at radius 1 is 1.64 bits per heavy atom. The van der Waals surface area contributed by atoms with Gasteiger partial charge in [0.2, 0.25) is 5.91 Å². The molecule has 1 aromatic rings. The van der Waals surface area contributed by atoms with E-state index in [4.69, 9.17) is 5.11 Å². The first-order chi connectivity index (χ1) is 6.68. The Kier molecular flexibility index (Phi) is 3.92. The van der Waals surface area contributed by atoms with Crippen LogP contribution in [-0.4, -0.2) is 44.5 Å². The smallest absolute Gasteiger partial charge is 0.322 e. The predicted octanol–water partition coefficient (Wildman–Crippen LogP) is -0.902. The molecule has 1 amide bonds. The number of carboxylic acid groups (broad SMARTS) is 1. The standard InChI is InChI=1S/C6H8N4O3S/c11-4(7-1-5(12)13)2-14-6-8-3-9-10-6/h3H,1-2H2,(H,7,11)(H,12,13)(H,8,9,10). The van der Waals surface area contributed by atoms with Crippen LogP contribution in [0.5, 0.6) is 0 Å². The maximum atomic E-state index is 11.0. The Hall–Kier alpha value is -1.57. The molecule has 0 aliphatic heterocycles. The zero-order valence-corrected chi connectivity index (χ0v) is 7.87. The third-order valence-electron chi connectivity index (χ3n) is 1.17. The van der Waals surface area contributed by atoms with Crippen molar-refractivity contribution in [1.29, 1.82) is 0 Å². The lowest BCUT2D eigenvalue weighted by Crippen LogP contribution is -2.30. The second-order valence-corrected chi connectivity index (χ2v) is 3.21. The third-order valence-corrected chi connectivity index (χ3v) is 2.05. The summed E-state index contributed by atoms with van der Waals surface area (Å²) in [6, 6.07) is 0. The van der Waals surface area contributed by atoms with Crippen LogP contribution in [0, 0.1) is 0 Å². The van der Waals surface area contributed by atoms with Crippen molar-refractivity contribution in [3.63, 3.8) is 0 Å². The molecule has 1 heterocycles.